The van der Waals surface area contributed by atoms with Crippen molar-refractivity contribution >= 4 is 52.3 Å². The molecule has 5 amide bonds. The Hall–Kier alpha value is -6.64. The Bertz CT molecular complexity index is 2390. The molecule has 1 aliphatic heterocycles. The summed E-state index contributed by atoms with van der Waals surface area (Å²) in [5.41, 5.74) is 2.94. The zero-order valence-electron chi connectivity index (χ0n) is 30.7. The van der Waals surface area contributed by atoms with E-state index >= 15 is 0 Å². The number of unbranched alkanes of at least 4 members (excludes halogenated alkanes) is 3. The highest BCUT2D eigenvalue weighted by atomic mass is 19.1. The van der Waals surface area contributed by atoms with Crippen molar-refractivity contribution in [3.8, 4) is 22.6 Å². The van der Waals surface area contributed by atoms with Crippen LogP contribution in [0.4, 0.5) is 20.2 Å². The number of imide groups is 2. The van der Waals surface area contributed by atoms with Crippen LogP contribution in [0.1, 0.15) is 72.6 Å². The van der Waals surface area contributed by atoms with Crippen LogP contribution in [0.3, 0.4) is 0 Å². The summed E-state index contributed by atoms with van der Waals surface area (Å²) in [5, 5.41) is 8.85. The van der Waals surface area contributed by atoms with Gasteiger partial charge in [0.1, 0.15) is 17.1 Å². The van der Waals surface area contributed by atoms with Gasteiger partial charge in [0.15, 0.2) is 11.6 Å². The largest absolute Gasteiger partial charge is 0.454 e. The number of benzene rings is 3. The van der Waals surface area contributed by atoms with E-state index in [1.165, 1.54) is 10.6 Å². The molecule has 3 aromatic carbocycles. The van der Waals surface area contributed by atoms with E-state index in [0.717, 1.165) is 36.3 Å². The number of anilines is 2. The third-order valence-corrected chi connectivity index (χ3v) is 9.59. The lowest BCUT2D eigenvalue weighted by Gasteiger charge is -2.22. The molecular formula is C41H40F2N6O7. The number of nitrogens with one attached hydrogen (secondary N) is 4. The van der Waals surface area contributed by atoms with Crippen molar-refractivity contribution in [2.24, 2.45) is 7.05 Å². The average Bonchev–Trinajstić information content (AvgIpc) is 3.76. The Balaban J connectivity index is 1.01. The SMILES string of the molecule is CC(CCC(=O)NC=O)N1C(=O)c2ccc(NCCCCCCC(=O)Nc3ccc(Oc4ccc(F)cc4F)c(-c4cn(C)c(=O)c5[nH]ccc45)c3)cc2C1=O. The number of ether oxygens (including phenoxy) is 1. The van der Waals surface area contributed by atoms with Gasteiger partial charge in [-0.3, -0.25) is 39.0 Å². The molecule has 0 bridgehead atoms. The molecule has 0 saturated heterocycles. The van der Waals surface area contributed by atoms with Crippen LogP contribution in [0.25, 0.3) is 22.0 Å². The van der Waals surface area contributed by atoms with Gasteiger partial charge in [0, 0.05) is 78.8 Å². The van der Waals surface area contributed by atoms with E-state index in [0.29, 0.717) is 63.9 Å². The molecule has 290 valence electrons. The van der Waals surface area contributed by atoms with Gasteiger partial charge in [0.05, 0.1) is 11.1 Å². The van der Waals surface area contributed by atoms with E-state index < -0.39 is 35.4 Å². The minimum Gasteiger partial charge on any atom is -0.454 e. The Morgan fingerprint density at radius 3 is 2.34 bits per heavy atom. The van der Waals surface area contributed by atoms with Crippen molar-refractivity contribution in [2.75, 3.05) is 17.2 Å². The van der Waals surface area contributed by atoms with Gasteiger partial charge in [-0.05, 0) is 80.8 Å². The van der Waals surface area contributed by atoms with E-state index in [2.05, 4.69) is 15.6 Å². The second-order valence-electron chi connectivity index (χ2n) is 13.6. The normalized spacial score (nSPS) is 12.8. The number of nitrogens with zero attached hydrogens (tertiary/aromatic N) is 2. The molecule has 4 N–H and O–H groups in total. The number of fused-ring (bicyclic) bond motifs is 2. The summed E-state index contributed by atoms with van der Waals surface area (Å²) < 4.78 is 35.5. The van der Waals surface area contributed by atoms with Gasteiger partial charge < -0.3 is 24.9 Å². The Morgan fingerprint density at radius 2 is 1.55 bits per heavy atom. The topological polar surface area (TPSA) is 172 Å². The highest BCUT2D eigenvalue weighted by Gasteiger charge is 2.38. The van der Waals surface area contributed by atoms with Gasteiger partial charge in [-0.25, -0.2) is 8.78 Å². The third-order valence-electron chi connectivity index (χ3n) is 9.59. The van der Waals surface area contributed by atoms with Gasteiger partial charge in [0.25, 0.3) is 17.4 Å². The van der Waals surface area contributed by atoms with E-state index in [1.807, 2.05) is 5.32 Å². The number of hydrogen-bond donors (Lipinski definition) is 4. The number of carbonyl (C=O) groups excluding carboxylic acids is 5. The Morgan fingerprint density at radius 1 is 0.821 bits per heavy atom. The monoisotopic (exact) mass is 766 g/mol. The fraction of sp³-hybridized carbons (Fsp3) is 0.268. The molecule has 1 unspecified atom stereocenters. The number of aromatic nitrogens is 2. The van der Waals surface area contributed by atoms with Crippen LogP contribution in [0, 0.1) is 11.6 Å². The number of pyridine rings is 1. The maximum absolute atomic E-state index is 14.6. The number of halogens is 2. The first-order chi connectivity index (χ1) is 26.9. The molecule has 15 heteroatoms. The molecule has 2 aromatic heterocycles. The van der Waals surface area contributed by atoms with Crippen LogP contribution in [0.2, 0.25) is 0 Å². The number of carbonyl (C=O) groups is 5. The lowest BCUT2D eigenvalue weighted by molar-refractivity contribution is -0.125. The van der Waals surface area contributed by atoms with Gasteiger partial charge >= 0.3 is 0 Å². The molecule has 13 nitrogen and oxygen atoms in total. The molecule has 0 radical (unpaired) electrons. The highest BCUT2D eigenvalue weighted by molar-refractivity contribution is 6.22. The average molecular weight is 767 g/mol. The predicted molar refractivity (Wildman–Crippen MR) is 205 cm³/mol. The second-order valence-corrected chi connectivity index (χ2v) is 13.6. The lowest BCUT2D eigenvalue weighted by Crippen LogP contribution is -2.38. The molecular weight excluding hydrogens is 726 g/mol. The predicted octanol–water partition coefficient (Wildman–Crippen LogP) is 6.64. The minimum atomic E-state index is -0.884. The van der Waals surface area contributed by atoms with Crippen LogP contribution in [0.5, 0.6) is 11.5 Å². The van der Waals surface area contributed by atoms with Gasteiger partial charge in [0.2, 0.25) is 18.2 Å². The first-order valence-electron chi connectivity index (χ1n) is 18.2. The zero-order valence-corrected chi connectivity index (χ0v) is 30.7. The van der Waals surface area contributed by atoms with E-state index in [4.69, 9.17) is 4.74 Å². The van der Waals surface area contributed by atoms with Crippen molar-refractivity contribution in [3.63, 3.8) is 0 Å². The second kappa shape index (κ2) is 17.2. The maximum Gasteiger partial charge on any atom is 0.274 e. The minimum absolute atomic E-state index is 0.00220. The molecule has 1 atom stereocenters. The standard InChI is InChI=1S/C41H40F2N6O7/c1-24(8-15-36(51)46-23-50)49-39(53)29-12-10-26(20-31(29)40(49)54)44-17-6-4-3-5-7-37(52)47-27-11-14-34(56-35-13-9-25(42)19-33(35)43)30(21-27)32-22-48(2)41(55)38-28(32)16-18-45-38/h9-14,16,18-24,44-45H,3-8,15,17H2,1-2H3,(H,47,52)(H,46,50,51). The third kappa shape index (κ3) is 8.67. The number of aryl methyl sites for hydroxylation is 1. The summed E-state index contributed by atoms with van der Waals surface area (Å²) in [6.07, 6.45) is 7.10. The Labute approximate surface area is 320 Å². The number of aromatic amines is 1. The van der Waals surface area contributed by atoms with Crippen LogP contribution in [-0.4, -0.2) is 57.1 Å². The van der Waals surface area contributed by atoms with Crippen molar-refractivity contribution in [3.05, 3.63) is 106 Å². The van der Waals surface area contributed by atoms with Gasteiger partial charge in [-0.15, -0.1) is 0 Å². The maximum atomic E-state index is 14.6. The van der Waals surface area contributed by atoms with Crippen molar-refractivity contribution in [1.82, 2.24) is 19.8 Å². The van der Waals surface area contributed by atoms with Crippen LogP contribution in [0.15, 0.2) is 77.9 Å². The fourth-order valence-electron chi connectivity index (χ4n) is 6.66. The molecule has 6 rings (SSSR count). The van der Waals surface area contributed by atoms with Crippen LogP contribution < -0.4 is 26.2 Å². The van der Waals surface area contributed by atoms with Crippen LogP contribution >= 0.6 is 0 Å². The van der Waals surface area contributed by atoms with E-state index in [1.54, 1.807) is 68.8 Å². The summed E-state index contributed by atoms with van der Waals surface area (Å²) >= 11 is 0. The lowest BCUT2D eigenvalue weighted by atomic mass is 10.0. The van der Waals surface area contributed by atoms with E-state index in [9.17, 15) is 37.5 Å². The summed E-state index contributed by atoms with van der Waals surface area (Å²) in [7, 11) is 1.61. The summed E-state index contributed by atoms with van der Waals surface area (Å²) in [6, 6.07) is 14.1. The molecule has 0 aliphatic carbocycles. The fourth-order valence-corrected chi connectivity index (χ4v) is 6.66. The number of rotatable bonds is 17. The molecule has 1 aliphatic rings. The number of amides is 5. The highest BCUT2D eigenvalue weighted by Crippen LogP contribution is 2.39. The zero-order chi connectivity index (χ0) is 39.9. The smallest absolute Gasteiger partial charge is 0.274 e. The van der Waals surface area contributed by atoms with Gasteiger partial charge in [-0.1, -0.05) is 12.8 Å². The summed E-state index contributed by atoms with van der Waals surface area (Å²) in [6.45, 7) is 2.29. The molecule has 0 fully saturated rings. The first-order valence-corrected chi connectivity index (χ1v) is 18.2. The van der Waals surface area contributed by atoms with Crippen molar-refractivity contribution < 1.29 is 37.5 Å². The molecule has 0 spiro atoms. The number of hydrogen-bond acceptors (Lipinski definition) is 8. The Kier molecular flexibility index (Phi) is 12.0. The summed E-state index contributed by atoms with van der Waals surface area (Å²) in [5.74, 6) is -3.12. The van der Waals surface area contributed by atoms with Gasteiger partial charge in [-0.2, -0.15) is 0 Å². The number of H-pyrrole nitrogens is 1. The first kappa shape index (κ1) is 39.1. The van der Waals surface area contributed by atoms with E-state index in [-0.39, 0.29) is 42.2 Å². The molecule has 56 heavy (non-hydrogen) atoms. The summed E-state index contributed by atoms with van der Waals surface area (Å²) in [4.78, 5) is 77.9. The van der Waals surface area contributed by atoms with Crippen molar-refractivity contribution in [1.29, 1.82) is 0 Å². The van der Waals surface area contributed by atoms with Crippen molar-refractivity contribution in [2.45, 2.75) is 57.9 Å². The quantitative estimate of drug-likeness (QED) is 0.0463. The molecule has 0 saturated carbocycles. The molecule has 3 heterocycles. The molecule has 5 aromatic rings. The van der Waals surface area contributed by atoms with Crippen LogP contribution in [-0.2, 0) is 21.4 Å².